The van der Waals surface area contributed by atoms with Gasteiger partial charge in [0.15, 0.2) is 0 Å². The Morgan fingerprint density at radius 2 is 2.14 bits per heavy atom. The number of benzene rings is 1. The Morgan fingerprint density at radius 1 is 1.43 bits per heavy atom. The first-order chi connectivity index (χ1) is 9.95. The monoisotopic (exact) mass is 369 g/mol. The molecule has 0 fully saturated rings. The summed E-state index contributed by atoms with van der Waals surface area (Å²) in [4.78, 5) is 24.4. The van der Waals surface area contributed by atoms with Gasteiger partial charge in [-0.15, -0.1) is 11.3 Å². The van der Waals surface area contributed by atoms with Crippen molar-refractivity contribution in [1.82, 2.24) is 10.6 Å². The number of halogens is 1. The fraction of sp³-hybridized carbons (Fsp3) is 0.286. The van der Waals surface area contributed by atoms with Crippen molar-refractivity contribution >= 4 is 54.9 Å². The summed E-state index contributed by atoms with van der Waals surface area (Å²) in [5.41, 5.74) is 6.50. The van der Waals surface area contributed by atoms with Crippen molar-refractivity contribution in [3.63, 3.8) is 0 Å². The number of carbonyl (C=O) groups is 2. The van der Waals surface area contributed by atoms with Crippen LogP contribution in [0.15, 0.2) is 22.7 Å². The standard InChI is InChI=1S/C14H16BrN3O2S/c1-3-17-13(19)7(2)18-14(20)12-11(16)10-8(15)5-4-6-9(10)21-12/h4-7H,3,16H2,1-2H3,(H,17,19)(H,18,20). The highest BCUT2D eigenvalue weighted by Gasteiger charge is 2.21. The molecule has 0 radical (unpaired) electrons. The Morgan fingerprint density at radius 3 is 2.76 bits per heavy atom. The maximum absolute atomic E-state index is 12.3. The van der Waals surface area contributed by atoms with E-state index >= 15 is 0 Å². The Kier molecular flexibility index (Phi) is 4.84. The lowest BCUT2D eigenvalue weighted by molar-refractivity contribution is -0.122. The summed E-state index contributed by atoms with van der Waals surface area (Å²) >= 11 is 4.75. The molecule has 1 heterocycles. The minimum atomic E-state index is -0.606. The van der Waals surface area contributed by atoms with E-state index in [1.165, 1.54) is 11.3 Å². The SMILES string of the molecule is CCNC(=O)C(C)NC(=O)c1sc2cccc(Br)c2c1N. The lowest BCUT2D eigenvalue weighted by Gasteiger charge is -2.12. The van der Waals surface area contributed by atoms with Crippen LogP contribution < -0.4 is 16.4 Å². The van der Waals surface area contributed by atoms with Gasteiger partial charge in [-0.1, -0.05) is 22.0 Å². The van der Waals surface area contributed by atoms with Crippen LogP contribution in [0.3, 0.4) is 0 Å². The van der Waals surface area contributed by atoms with Crippen LogP contribution in [-0.4, -0.2) is 24.4 Å². The third kappa shape index (κ3) is 3.19. The summed E-state index contributed by atoms with van der Waals surface area (Å²) in [6.45, 7) is 3.99. The molecule has 5 nitrogen and oxygen atoms in total. The number of nitrogen functional groups attached to an aromatic ring is 1. The number of anilines is 1. The molecule has 7 heteroatoms. The van der Waals surface area contributed by atoms with E-state index in [0.717, 1.165) is 14.6 Å². The molecule has 0 aliphatic heterocycles. The average Bonchev–Trinajstić information content (AvgIpc) is 2.77. The van der Waals surface area contributed by atoms with Crippen molar-refractivity contribution in [2.75, 3.05) is 12.3 Å². The highest BCUT2D eigenvalue weighted by Crippen LogP contribution is 2.38. The van der Waals surface area contributed by atoms with Gasteiger partial charge in [-0.05, 0) is 26.0 Å². The summed E-state index contributed by atoms with van der Waals surface area (Å²) in [6.07, 6.45) is 0. The molecule has 1 aromatic heterocycles. The van der Waals surface area contributed by atoms with Gasteiger partial charge in [-0.3, -0.25) is 9.59 Å². The van der Waals surface area contributed by atoms with Crippen molar-refractivity contribution in [2.24, 2.45) is 0 Å². The lowest BCUT2D eigenvalue weighted by atomic mass is 10.2. The smallest absolute Gasteiger partial charge is 0.264 e. The summed E-state index contributed by atoms with van der Waals surface area (Å²) in [5.74, 6) is -0.550. The van der Waals surface area contributed by atoms with Crippen molar-refractivity contribution in [3.8, 4) is 0 Å². The molecule has 0 saturated carbocycles. The summed E-state index contributed by atoms with van der Waals surface area (Å²) < 4.78 is 1.78. The highest BCUT2D eigenvalue weighted by atomic mass is 79.9. The minimum absolute atomic E-state index is 0.216. The second-order valence-electron chi connectivity index (χ2n) is 4.55. The van der Waals surface area contributed by atoms with E-state index in [9.17, 15) is 9.59 Å². The molecule has 2 aromatic rings. The van der Waals surface area contributed by atoms with Gasteiger partial charge >= 0.3 is 0 Å². The van der Waals surface area contributed by atoms with Crippen molar-refractivity contribution in [3.05, 3.63) is 27.5 Å². The third-order valence-electron chi connectivity index (χ3n) is 3.00. The van der Waals surface area contributed by atoms with E-state index < -0.39 is 6.04 Å². The molecule has 0 spiro atoms. The van der Waals surface area contributed by atoms with Crippen LogP contribution in [0.2, 0.25) is 0 Å². The quantitative estimate of drug-likeness (QED) is 0.773. The zero-order valence-electron chi connectivity index (χ0n) is 11.7. The number of hydrogen-bond donors (Lipinski definition) is 3. The van der Waals surface area contributed by atoms with E-state index in [1.54, 1.807) is 6.92 Å². The van der Waals surface area contributed by atoms with Crippen LogP contribution in [0.5, 0.6) is 0 Å². The Hall–Kier alpha value is -1.60. The van der Waals surface area contributed by atoms with Crippen LogP contribution in [0.25, 0.3) is 10.1 Å². The molecule has 21 heavy (non-hydrogen) atoms. The molecule has 2 amide bonds. The number of likely N-dealkylation sites (N-methyl/N-ethyl adjacent to an activating group) is 1. The second kappa shape index (κ2) is 6.44. The van der Waals surface area contributed by atoms with E-state index in [0.29, 0.717) is 17.1 Å². The number of hydrogen-bond acceptors (Lipinski definition) is 4. The Balaban J connectivity index is 2.26. The highest BCUT2D eigenvalue weighted by molar-refractivity contribution is 9.10. The van der Waals surface area contributed by atoms with Gasteiger partial charge in [0, 0.05) is 21.1 Å². The number of nitrogens with two attached hydrogens (primary N) is 1. The predicted octanol–water partition coefficient (Wildman–Crippen LogP) is 2.50. The average molecular weight is 370 g/mol. The number of fused-ring (bicyclic) bond motifs is 1. The fourth-order valence-electron chi connectivity index (χ4n) is 1.95. The maximum Gasteiger partial charge on any atom is 0.264 e. The molecule has 0 saturated heterocycles. The molecule has 0 bridgehead atoms. The van der Waals surface area contributed by atoms with Gasteiger partial charge in [-0.25, -0.2) is 0 Å². The molecule has 112 valence electrons. The number of rotatable bonds is 4. The van der Waals surface area contributed by atoms with Gasteiger partial charge in [0.1, 0.15) is 10.9 Å². The molecule has 0 aliphatic carbocycles. The molecule has 1 unspecified atom stereocenters. The van der Waals surface area contributed by atoms with E-state index in [2.05, 4.69) is 26.6 Å². The number of amides is 2. The molecule has 4 N–H and O–H groups in total. The van der Waals surface area contributed by atoms with Gasteiger partial charge < -0.3 is 16.4 Å². The first-order valence-corrected chi connectivity index (χ1v) is 8.11. The van der Waals surface area contributed by atoms with Crippen LogP contribution in [0.1, 0.15) is 23.5 Å². The normalized spacial score (nSPS) is 12.1. The molecule has 1 aromatic carbocycles. The summed E-state index contributed by atoms with van der Waals surface area (Å²) in [7, 11) is 0. The zero-order chi connectivity index (χ0) is 15.6. The molecule has 1 atom stereocenters. The summed E-state index contributed by atoms with van der Waals surface area (Å²) in [5, 5.41) is 6.16. The van der Waals surface area contributed by atoms with E-state index in [4.69, 9.17) is 5.73 Å². The lowest BCUT2D eigenvalue weighted by Crippen LogP contribution is -2.44. The zero-order valence-corrected chi connectivity index (χ0v) is 14.1. The maximum atomic E-state index is 12.3. The van der Waals surface area contributed by atoms with Crippen LogP contribution in [0, 0.1) is 0 Å². The molecule has 0 aliphatic rings. The van der Waals surface area contributed by atoms with Gasteiger partial charge in [0.05, 0.1) is 5.69 Å². The molecule has 2 rings (SSSR count). The largest absolute Gasteiger partial charge is 0.397 e. The minimum Gasteiger partial charge on any atom is -0.397 e. The summed E-state index contributed by atoms with van der Waals surface area (Å²) in [6, 6.07) is 5.07. The van der Waals surface area contributed by atoms with Crippen molar-refractivity contribution in [1.29, 1.82) is 0 Å². The topological polar surface area (TPSA) is 84.2 Å². The Labute approximate surface area is 135 Å². The first kappa shape index (κ1) is 15.8. The van der Waals surface area contributed by atoms with E-state index in [1.807, 2.05) is 25.1 Å². The van der Waals surface area contributed by atoms with Gasteiger partial charge in [0.25, 0.3) is 5.91 Å². The number of carbonyl (C=O) groups excluding carboxylic acids is 2. The van der Waals surface area contributed by atoms with Crippen molar-refractivity contribution in [2.45, 2.75) is 19.9 Å². The first-order valence-electron chi connectivity index (χ1n) is 6.50. The number of nitrogens with one attached hydrogen (secondary N) is 2. The third-order valence-corrected chi connectivity index (χ3v) is 4.83. The molecular weight excluding hydrogens is 354 g/mol. The van der Waals surface area contributed by atoms with E-state index in [-0.39, 0.29) is 11.8 Å². The van der Waals surface area contributed by atoms with Crippen molar-refractivity contribution < 1.29 is 9.59 Å². The fourth-order valence-corrected chi connectivity index (χ4v) is 3.72. The second-order valence-corrected chi connectivity index (χ2v) is 6.45. The predicted molar refractivity (Wildman–Crippen MR) is 89.5 cm³/mol. The van der Waals surface area contributed by atoms with Gasteiger partial charge in [0.2, 0.25) is 5.91 Å². The van der Waals surface area contributed by atoms with Crippen LogP contribution in [-0.2, 0) is 4.79 Å². The van der Waals surface area contributed by atoms with Crippen LogP contribution in [0.4, 0.5) is 5.69 Å². The van der Waals surface area contributed by atoms with Gasteiger partial charge in [-0.2, -0.15) is 0 Å². The Bertz CT molecular complexity index is 699. The molecular formula is C14H16BrN3O2S. The van der Waals surface area contributed by atoms with Crippen LogP contribution >= 0.6 is 27.3 Å². The number of thiophene rings is 1.